The number of hydrogen-bond acceptors (Lipinski definition) is 5. The summed E-state index contributed by atoms with van der Waals surface area (Å²) < 4.78 is 29.8. The van der Waals surface area contributed by atoms with Gasteiger partial charge in [0.15, 0.2) is 5.69 Å². The van der Waals surface area contributed by atoms with Gasteiger partial charge in [-0.15, -0.1) is 0 Å². The van der Waals surface area contributed by atoms with Crippen molar-refractivity contribution < 1.29 is 13.2 Å². The topological polar surface area (TPSA) is 105 Å². The van der Waals surface area contributed by atoms with E-state index in [9.17, 15) is 13.2 Å². The maximum atomic E-state index is 13.1. The molecule has 1 amide bonds. The Morgan fingerprint density at radius 1 is 1.03 bits per heavy atom. The highest BCUT2D eigenvalue weighted by atomic mass is 32.2. The van der Waals surface area contributed by atoms with E-state index in [2.05, 4.69) is 20.1 Å². The molecule has 1 aliphatic heterocycles. The van der Waals surface area contributed by atoms with Crippen LogP contribution in [0.25, 0.3) is 5.69 Å². The van der Waals surface area contributed by atoms with Crippen LogP contribution in [0.15, 0.2) is 58.4 Å². The number of amidine groups is 1. The minimum absolute atomic E-state index is 0.0744. The number of carbonyl (C=O) groups is 1. The van der Waals surface area contributed by atoms with Crippen molar-refractivity contribution in [2.24, 2.45) is 4.99 Å². The summed E-state index contributed by atoms with van der Waals surface area (Å²) in [5.41, 5.74) is 4.87. The SMILES string of the molecule is Cc1ccc(-n2nc(C(=O)Nc3cccc(S(=O)(=O)NC4=NCCC4)c3)c3c2CCC3)cc1. The summed E-state index contributed by atoms with van der Waals surface area (Å²) in [5.74, 6) is 0.128. The van der Waals surface area contributed by atoms with Crippen molar-refractivity contribution >= 4 is 27.5 Å². The molecule has 0 bridgehead atoms. The highest BCUT2D eigenvalue weighted by Gasteiger charge is 2.27. The van der Waals surface area contributed by atoms with Gasteiger partial charge in [0.1, 0.15) is 5.84 Å². The van der Waals surface area contributed by atoms with E-state index in [1.165, 1.54) is 12.1 Å². The van der Waals surface area contributed by atoms with E-state index in [0.29, 0.717) is 30.2 Å². The summed E-state index contributed by atoms with van der Waals surface area (Å²) in [4.78, 5) is 17.4. The number of nitrogens with one attached hydrogen (secondary N) is 2. The van der Waals surface area contributed by atoms with E-state index in [1.807, 2.05) is 35.9 Å². The molecule has 9 heteroatoms. The second-order valence-corrected chi connectivity index (χ2v) is 10.1. The lowest BCUT2D eigenvalue weighted by molar-refractivity contribution is 0.102. The number of aromatic nitrogens is 2. The largest absolute Gasteiger partial charge is 0.321 e. The van der Waals surface area contributed by atoms with Crippen LogP contribution in [0.3, 0.4) is 0 Å². The van der Waals surface area contributed by atoms with E-state index >= 15 is 0 Å². The standard InChI is InChI=1S/C24H25N5O3S/c1-16-10-12-18(13-11-16)29-21-8-3-7-20(21)23(27-29)24(30)26-17-5-2-6-19(15-17)33(31,32)28-22-9-4-14-25-22/h2,5-6,10-13,15H,3-4,7-9,14H2,1H3,(H,25,28)(H,26,30). The molecule has 33 heavy (non-hydrogen) atoms. The minimum atomic E-state index is -3.76. The Labute approximate surface area is 192 Å². The van der Waals surface area contributed by atoms with Crippen molar-refractivity contribution in [3.63, 3.8) is 0 Å². The molecule has 0 fully saturated rings. The van der Waals surface area contributed by atoms with Gasteiger partial charge in [0, 0.05) is 29.9 Å². The first kappa shape index (κ1) is 21.4. The Balaban J connectivity index is 1.40. The fourth-order valence-corrected chi connectivity index (χ4v) is 5.42. The number of carbonyl (C=O) groups excluding carboxylic acids is 1. The molecular weight excluding hydrogens is 438 g/mol. The van der Waals surface area contributed by atoms with E-state index in [4.69, 9.17) is 0 Å². The fourth-order valence-electron chi connectivity index (χ4n) is 4.29. The maximum Gasteiger partial charge on any atom is 0.276 e. The van der Waals surface area contributed by atoms with Crippen molar-refractivity contribution in [3.8, 4) is 5.69 Å². The number of aryl methyl sites for hydroxylation is 1. The lowest BCUT2D eigenvalue weighted by Gasteiger charge is -2.10. The van der Waals surface area contributed by atoms with Crippen LogP contribution < -0.4 is 10.0 Å². The molecule has 0 unspecified atom stereocenters. The summed E-state index contributed by atoms with van der Waals surface area (Å²) in [6.07, 6.45) is 4.09. The number of hydrogen-bond donors (Lipinski definition) is 2. The highest BCUT2D eigenvalue weighted by Crippen LogP contribution is 2.28. The van der Waals surface area contributed by atoms with Crippen LogP contribution in [0.2, 0.25) is 0 Å². The Morgan fingerprint density at radius 2 is 1.85 bits per heavy atom. The first-order valence-corrected chi connectivity index (χ1v) is 12.5. The van der Waals surface area contributed by atoms with Crippen molar-refractivity contribution in [1.82, 2.24) is 14.5 Å². The number of sulfonamides is 1. The van der Waals surface area contributed by atoms with Gasteiger partial charge in [-0.05, 0) is 62.9 Å². The zero-order valence-electron chi connectivity index (χ0n) is 18.3. The zero-order chi connectivity index (χ0) is 23.0. The number of fused-ring (bicyclic) bond motifs is 1. The molecule has 170 valence electrons. The first-order valence-electron chi connectivity index (χ1n) is 11.1. The fraction of sp³-hybridized carbons (Fsp3) is 0.292. The predicted octanol–water partition coefficient (Wildman–Crippen LogP) is 3.39. The van der Waals surface area contributed by atoms with Crippen LogP contribution >= 0.6 is 0 Å². The van der Waals surface area contributed by atoms with Crippen LogP contribution in [-0.4, -0.2) is 36.5 Å². The molecule has 0 radical (unpaired) electrons. The van der Waals surface area contributed by atoms with E-state index in [1.54, 1.807) is 12.1 Å². The van der Waals surface area contributed by atoms with Gasteiger partial charge < -0.3 is 5.32 Å². The van der Waals surface area contributed by atoms with Gasteiger partial charge >= 0.3 is 0 Å². The van der Waals surface area contributed by atoms with E-state index in [-0.39, 0.29) is 10.8 Å². The third-order valence-electron chi connectivity index (χ3n) is 5.95. The minimum Gasteiger partial charge on any atom is -0.321 e. The first-order chi connectivity index (χ1) is 15.9. The van der Waals surface area contributed by atoms with Crippen molar-refractivity contribution in [3.05, 3.63) is 71.0 Å². The molecule has 2 aliphatic rings. The van der Waals surface area contributed by atoms with Gasteiger partial charge in [-0.1, -0.05) is 23.8 Å². The molecule has 5 rings (SSSR count). The Bertz CT molecular complexity index is 1360. The average molecular weight is 464 g/mol. The second-order valence-electron chi connectivity index (χ2n) is 8.39. The van der Waals surface area contributed by atoms with Crippen LogP contribution in [0.4, 0.5) is 5.69 Å². The monoisotopic (exact) mass is 463 g/mol. The molecule has 0 atom stereocenters. The summed E-state index contributed by atoms with van der Waals surface area (Å²) in [6, 6.07) is 14.3. The summed E-state index contributed by atoms with van der Waals surface area (Å²) in [6.45, 7) is 2.66. The van der Waals surface area contributed by atoms with Crippen molar-refractivity contribution in [1.29, 1.82) is 0 Å². The number of anilines is 1. The summed E-state index contributed by atoms with van der Waals surface area (Å²) in [7, 11) is -3.76. The van der Waals surface area contributed by atoms with Gasteiger partial charge in [0.25, 0.3) is 15.9 Å². The number of amides is 1. The molecule has 2 N–H and O–H groups in total. The van der Waals surface area contributed by atoms with Crippen LogP contribution in [0, 0.1) is 6.92 Å². The molecule has 0 saturated carbocycles. The van der Waals surface area contributed by atoms with Gasteiger partial charge in [-0.2, -0.15) is 5.10 Å². The predicted molar refractivity (Wildman–Crippen MR) is 127 cm³/mol. The highest BCUT2D eigenvalue weighted by molar-refractivity contribution is 7.90. The molecular formula is C24H25N5O3S. The second kappa shape index (κ2) is 8.47. The van der Waals surface area contributed by atoms with Crippen LogP contribution in [0.5, 0.6) is 0 Å². The summed E-state index contributed by atoms with van der Waals surface area (Å²) in [5, 5.41) is 7.46. The lowest BCUT2D eigenvalue weighted by atomic mass is 10.2. The number of benzene rings is 2. The maximum absolute atomic E-state index is 13.1. The third-order valence-corrected chi connectivity index (χ3v) is 7.33. The zero-order valence-corrected chi connectivity index (χ0v) is 19.2. The quantitative estimate of drug-likeness (QED) is 0.605. The molecule has 3 aromatic rings. The Kier molecular flexibility index (Phi) is 5.49. The Hall–Kier alpha value is -3.46. The van der Waals surface area contributed by atoms with Gasteiger partial charge in [-0.25, -0.2) is 13.1 Å². The van der Waals surface area contributed by atoms with Crippen LogP contribution in [0.1, 0.15) is 46.6 Å². The van der Waals surface area contributed by atoms with Gasteiger partial charge in [0.2, 0.25) is 0 Å². The van der Waals surface area contributed by atoms with Crippen LogP contribution in [-0.2, 0) is 22.9 Å². The molecule has 8 nitrogen and oxygen atoms in total. The molecule has 0 saturated heterocycles. The number of aliphatic imine (C=N–C) groups is 1. The number of nitrogens with zero attached hydrogens (tertiary/aromatic N) is 3. The smallest absolute Gasteiger partial charge is 0.276 e. The van der Waals surface area contributed by atoms with Crippen molar-refractivity contribution in [2.75, 3.05) is 11.9 Å². The molecule has 0 spiro atoms. The Morgan fingerprint density at radius 3 is 2.61 bits per heavy atom. The van der Waals surface area contributed by atoms with Gasteiger partial charge in [0.05, 0.1) is 10.6 Å². The summed E-state index contributed by atoms with van der Waals surface area (Å²) >= 11 is 0. The normalized spacial score (nSPS) is 15.2. The average Bonchev–Trinajstić information content (AvgIpc) is 3.53. The third kappa shape index (κ3) is 4.28. The molecule has 1 aromatic heterocycles. The van der Waals surface area contributed by atoms with E-state index in [0.717, 1.165) is 48.2 Å². The molecule has 2 heterocycles. The van der Waals surface area contributed by atoms with Gasteiger partial charge in [-0.3, -0.25) is 14.5 Å². The molecule has 1 aliphatic carbocycles. The molecule has 2 aromatic carbocycles. The number of rotatable bonds is 5. The van der Waals surface area contributed by atoms with Crippen molar-refractivity contribution in [2.45, 2.75) is 43.9 Å². The van der Waals surface area contributed by atoms with E-state index < -0.39 is 10.0 Å². The lowest BCUT2D eigenvalue weighted by Crippen LogP contribution is -2.29.